The molecule has 0 rings (SSSR count). The van der Waals surface area contributed by atoms with Crippen molar-refractivity contribution in [1.29, 1.82) is 0 Å². The predicted octanol–water partition coefficient (Wildman–Crippen LogP) is 9.03. The van der Waals surface area contributed by atoms with E-state index in [1.165, 1.54) is 7.11 Å². The third-order valence-corrected chi connectivity index (χ3v) is 9.35. The van der Waals surface area contributed by atoms with Crippen molar-refractivity contribution in [1.82, 2.24) is 0 Å². The summed E-state index contributed by atoms with van der Waals surface area (Å²) >= 11 is 0. The lowest BCUT2D eigenvalue weighted by Crippen LogP contribution is -2.27. The number of carbonyl (C=O) groups excluding carboxylic acids is 6. The number of aliphatic carboxylic acids is 1. The van der Waals surface area contributed by atoms with Crippen LogP contribution >= 0.6 is 0 Å². The highest BCUT2D eigenvalue weighted by Crippen LogP contribution is 2.23. The predicted molar refractivity (Wildman–Crippen MR) is 230 cm³/mol. The van der Waals surface area contributed by atoms with E-state index >= 15 is 0 Å². The number of rotatable bonds is 20. The maximum absolute atomic E-state index is 11.5. The van der Waals surface area contributed by atoms with Crippen molar-refractivity contribution in [3.63, 3.8) is 0 Å². The number of hydrogen-bond donors (Lipinski definition) is 1. The first-order chi connectivity index (χ1) is 26.8. The molecule has 0 aliphatic carbocycles. The molecule has 0 heterocycles. The first kappa shape index (κ1) is 63.7. The third-order valence-electron chi connectivity index (χ3n) is 9.35. The molecule has 0 amide bonds. The largest absolute Gasteiger partial charge is 0.481 e. The average Bonchev–Trinajstić information content (AvgIpc) is 3.19. The van der Waals surface area contributed by atoms with Crippen LogP contribution in [0, 0.1) is 27.1 Å². The zero-order valence-corrected chi connectivity index (χ0v) is 39.6. The summed E-state index contributed by atoms with van der Waals surface area (Å²) in [5.41, 5.74) is -1.85. The molecule has 0 aromatic heterocycles. The molecule has 0 atom stereocenters. The second-order valence-corrected chi connectivity index (χ2v) is 16.4. The van der Waals surface area contributed by atoms with Gasteiger partial charge >= 0.3 is 41.8 Å². The van der Waals surface area contributed by atoms with Crippen molar-refractivity contribution in [2.24, 2.45) is 27.1 Å². The normalized spacial score (nSPS) is 10.9. The third kappa shape index (κ3) is 32.1. The molecule has 0 aliphatic heterocycles. The standard InChI is InChI=1S/C12H20O4.C11H18O4.C9H16O2.C7H14O2.C6H12O2/c1-6-12(4,5)11(14)16-8-7-15-10(13)9(2)3;1-5-9(12)14-7-8-15-10(13)11(3,4)6-2;1-5-7-11-8(10)9(3,4)6-2;1-5-7(2,3)6(8)9-4;1-4-6(2,3)5(7)8/h2,6-8H2,1,3-5H3;5H,1,6-8H2,2-4H3;5H,1,6-7H2,2-4H3;5H2,1-4H3;4H2,1-3H3,(H,7,8). The van der Waals surface area contributed by atoms with Crippen molar-refractivity contribution in [3.8, 4) is 0 Å². The zero-order valence-electron chi connectivity index (χ0n) is 39.6. The minimum atomic E-state index is -0.722. The zero-order chi connectivity index (χ0) is 47.8. The Morgan fingerprint density at radius 2 is 0.814 bits per heavy atom. The molecule has 0 aliphatic rings. The molecule has 59 heavy (non-hydrogen) atoms. The van der Waals surface area contributed by atoms with Crippen LogP contribution in [-0.4, -0.2) is 87.0 Å². The summed E-state index contributed by atoms with van der Waals surface area (Å²) in [6, 6.07) is 0. The number of ether oxygens (including phenoxy) is 6. The minimum absolute atomic E-state index is 0.0659. The molecule has 0 bridgehead atoms. The molecular formula is C45H80O14. The molecule has 0 spiro atoms. The van der Waals surface area contributed by atoms with Gasteiger partial charge in [-0.3, -0.25) is 24.0 Å². The Kier molecular flexibility index (Phi) is 34.9. The molecular weight excluding hydrogens is 764 g/mol. The van der Waals surface area contributed by atoms with Gasteiger partial charge in [-0.15, -0.1) is 0 Å². The lowest BCUT2D eigenvalue weighted by molar-refractivity contribution is -0.158. The van der Waals surface area contributed by atoms with E-state index in [1.54, 1.807) is 26.8 Å². The van der Waals surface area contributed by atoms with Gasteiger partial charge in [0, 0.05) is 11.6 Å². The maximum atomic E-state index is 11.5. The van der Waals surface area contributed by atoms with Crippen LogP contribution in [0.5, 0.6) is 0 Å². The lowest BCUT2D eigenvalue weighted by Gasteiger charge is -2.20. The summed E-state index contributed by atoms with van der Waals surface area (Å²) in [6.07, 6.45) is 6.35. The quantitative estimate of drug-likeness (QED) is 0.0401. The van der Waals surface area contributed by atoms with Crippen molar-refractivity contribution >= 4 is 41.8 Å². The van der Waals surface area contributed by atoms with Crippen LogP contribution in [0.2, 0.25) is 0 Å². The van der Waals surface area contributed by atoms with Crippen molar-refractivity contribution < 1.29 is 67.1 Å². The minimum Gasteiger partial charge on any atom is -0.481 e. The highest BCUT2D eigenvalue weighted by Gasteiger charge is 2.29. The van der Waals surface area contributed by atoms with E-state index in [0.717, 1.165) is 18.9 Å². The SMILES string of the molecule is C=C(C)C(=O)OCCOC(=O)C(C)(C)CC.C=CC(=O)OCCOC(=O)C(C)(C)CC.C=CCOC(=O)C(C)(C)CC.CCC(C)(C)C(=O)O.CCC(C)(C)C(=O)OC. The van der Waals surface area contributed by atoms with Gasteiger partial charge < -0.3 is 33.5 Å². The van der Waals surface area contributed by atoms with Crippen LogP contribution in [0.1, 0.15) is 143 Å². The number of esters is 6. The topological polar surface area (TPSA) is 195 Å². The molecule has 14 nitrogen and oxygen atoms in total. The van der Waals surface area contributed by atoms with Gasteiger partial charge in [-0.25, -0.2) is 9.59 Å². The number of hydrogen-bond acceptors (Lipinski definition) is 13. The van der Waals surface area contributed by atoms with Crippen LogP contribution in [-0.2, 0) is 62.0 Å². The monoisotopic (exact) mass is 845 g/mol. The lowest BCUT2D eigenvalue weighted by atomic mass is 9.91. The number of carboxylic acid groups (broad SMARTS) is 1. The molecule has 14 heteroatoms. The Labute approximate surface area is 355 Å². The molecule has 0 aromatic carbocycles. The Hall–Kier alpha value is -4.49. The van der Waals surface area contributed by atoms with E-state index in [0.29, 0.717) is 31.4 Å². The maximum Gasteiger partial charge on any atom is 0.333 e. The summed E-state index contributed by atoms with van der Waals surface area (Å²) in [5.74, 6) is -2.54. The van der Waals surface area contributed by atoms with Crippen LogP contribution in [0.25, 0.3) is 0 Å². The Morgan fingerprint density at radius 3 is 1.05 bits per heavy atom. The van der Waals surface area contributed by atoms with E-state index in [4.69, 9.17) is 24.1 Å². The summed E-state index contributed by atoms with van der Waals surface area (Å²) in [5, 5.41) is 8.44. The van der Waals surface area contributed by atoms with Gasteiger partial charge in [0.2, 0.25) is 0 Å². The van der Waals surface area contributed by atoms with Crippen LogP contribution in [0.15, 0.2) is 37.5 Å². The highest BCUT2D eigenvalue weighted by molar-refractivity contribution is 5.87. The van der Waals surface area contributed by atoms with Gasteiger partial charge in [-0.1, -0.05) is 60.4 Å². The molecule has 0 saturated carbocycles. The summed E-state index contributed by atoms with van der Waals surface area (Å²) in [7, 11) is 1.42. The fraction of sp³-hybridized carbons (Fsp3) is 0.711. The van der Waals surface area contributed by atoms with Crippen molar-refractivity contribution in [3.05, 3.63) is 37.5 Å². The van der Waals surface area contributed by atoms with Crippen LogP contribution < -0.4 is 0 Å². The summed E-state index contributed by atoms with van der Waals surface area (Å²) < 4.78 is 28.8. The number of carbonyl (C=O) groups is 7. The van der Waals surface area contributed by atoms with E-state index in [2.05, 4.69) is 29.2 Å². The Balaban J connectivity index is -0.000000211. The second-order valence-electron chi connectivity index (χ2n) is 16.4. The van der Waals surface area contributed by atoms with Crippen molar-refractivity contribution in [2.75, 3.05) is 40.1 Å². The van der Waals surface area contributed by atoms with Gasteiger partial charge in [0.25, 0.3) is 0 Å². The Bertz CT molecular complexity index is 1320. The average molecular weight is 845 g/mol. The van der Waals surface area contributed by atoms with E-state index in [1.807, 2.05) is 90.0 Å². The fourth-order valence-electron chi connectivity index (χ4n) is 2.45. The molecule has 0 fully saturated rings. The van der Waals surface area contributed by atoms with E-state index < -0.39 is 34.2 Å². The molecule has 0 saturated heterocycles. The first-order valence-electron chi connectivity index (χ1n) is 19.9. The highest BCUT2D eigenvalue weighted by atomic mass is 16.6. The van der Waals surface area contributed by atoms with Gasteiger partial charge in [0.15, 0.2) is 0 Å². The smallest absolute Gasteiger partial charge is 0.333 e. The Morgan fingerprint density at radius 1 is 0.508 bits per heavy atom. The molecule has 1 N–H and O–H groups in total. The summed E-state index contributed by atoms with van der Waals surface area (Å²) in [6.45, 7) is 40.1. The van der Waals surface area contributed by atoms with Crippen LogP contribution in [0.3, 0.4) is 0 Å². The fourth-order valence-corrected chi connectivity index (χ4v) is 2.45. The van der Waals surface area contributed by atoms with Crippen LogP contribution in [0.4, 0.5) is 0 Å². The summed E-state index contributed by atoms with van der Waals surface area (Å²) in [4.78, 5) is 76.8. The van der Waals surface area contributed by atoms with Gasteiger partial charge in [-0.2, -0.15) is 0 Å². The molecule has 0 radical (unpaired) electrons. The second kappa shape index (κ2) is 32.4. The van der Waals surface area contributed by atoms with E-state index in [9.17, 15) is 33.6 Å². The van der Waals surface area contributed by atoms with E-state index in [-0.39, 0.29) is 61.1 Å². The van der Waals surface area contributed by atoms with Gasteiger partial charge in [0.05, 0.1) is 34.2 Å². The van der Waals surface area contributed by atoms with Crippen molar-refractivity contribution in [2.45, 2.75) is 143 Å². The van der Waals surface area contributed by atoms with Gasteiger partial charge in [0.1, 0.15) is 33.0 Å². The first-order valence-corrected chi connectivity index (χ1v) is 19.9. The van der Waals surface area contributed by atoms with Gasteiger partial charge in [-0.05, 0) is 108 Å². The molecule has 344 valence electrons. The molecule has 0 unspecified atom stereocenters. The number of carboxylic acids is 1. The molecule has 0 aromatic rings. The number of methoxy groups -OCH3 is 1.